The number of aromatic nitrogens is 4. The molecule has 0 bridgehead atoms. The highest BCUT2D eigenvalue weighted by Gasteiger charge is 2.07. The lowest BCUT2D eigenvalue weighted by Crippen LogP contribution is -2.12. The van der Waals surface area contributed by atoms with E-state index in [-0.39, 0.29) is 5.56 Å². The van der Waals surface area contributed by atoms with Gasteiger partial charge in [0.25, 0.3) is 0 Å². The van der Waals surface area contributed by atoms with Crippen LogP contribution in [0.25, 0.3) is 0 Å². The number of hydrogen-bond acceptors (Lipinski definition) is 6. The third kappa shape index (κ3) is 3.52. The van der Waals surface area contributed by atoms with Gasteiger partial charge in [-0.1, -0.05) is 23.9 Å². The standard InChI is InChI=1S/C11H13N5O2S/c12-5-6-16-11(13-14-15-16)19-7-8-1-3-9(4-2-8)10(17)18/h1-4H,5-7,12H2,(H,17,18). The molecule has 1 heterocycles. The first-order chi connectivity index (χ1) is 9.20. The highest BCUT2D eigenvalue weighted by Crippen LogP contribution is 2.20. The van der Waals surface area contributed by atoms with Gasteiger partial charge in [-0.15, -0.1) is 5.10 Å². The summed E-state index contributed by atoms with van der Waals surface area (Å²) < 4.78 is 1.65. The van der Waals surface area contributed by atoms with Crippen LogP contribution in [-0.4, -0.2) is 37.8 Å². The number of carboxylic acid groups (broad SMARTS) is 1. The largest absolute Gasteiger partial charge is 0.478 e. The molecule has 0 aliphatic carbocycles. The highest BCUT2D eigenvalue weighted by molar-refractivity contribution is 7.98. The van der Waals surface area contributed by atoms with Gasteiger partial charge in [-0.25, -0.2) is 9.48 Å². The fraction of sp³-hybridized carbons (Fsp3) is 0.273. The van der Waals surface area contributed by atoms with Crippen molar-refractivity contribution in [2.45, 2.75) is 17.5 Å². The molecule has 2 rings (SSSR count). The lowest BCUT2D eigenvalue weighted by molar-refractivity contribution is 0.0697. The molecule has 0 unspecified atom stereocenters. The first-order valence-electron chi connectivity index (χ1n) is 5.62. The lowest BCUT2D eigenvalue weighted by Gasteiger charge is -2.03. The quantitative estimate of drug-likeness (QED) is 0.746. The van der Waals surface area contributed by atoms with Gasteiger partial charge in [0, 0.05) is 12.3 Å². The van der Waals surface area contributed by atoms with Gasteiger partial charge in [-0.2, -0.15) is 0 Å². The second-order valence-corrected chi connectivity index (χ2v) is 4.71. The van der Waals surface area contributed by atoms with E-state index in [1.54, 1.807) is 28.9 Å². The molecular weight excluding hydrogens is 266 g/mol. The fourth-order valence-electron chi connectivity index (χ4n) is 1.45. The van der Waals surface area contributed by atoms with Crippen molar-refractivity contribution < 1.29 is 9.90 Å². The van der Waals surface area contributed by atoms with Crippen molar-refractivity contribution >= 4 is 17.7 Å². The van der Waals surface area contributed by atoms with Gasteiger partial charge in [-0.05, 0) is 28.1 Å². The number of benzene rings is 1. The van der Waals surface area contributed by atoms with Crippen LogP contribution >= 0.6 is 11.8 Å². The normalized spacial score (nSPS) is 10.6. The minimum Gasteiger partial charge on any atom is -0.478 e. The molecule has 0 saturated heterocycles. The third-order valence-corrected chi connectivity index (χ3v) is 3.44. The molecule has 0 saturated carbocycles. The lowest BCUT2D eigenvalue weighted by atomic mass is 10.1. The van der Waals surface area contributed by atoms with Crippen LogP contribution in [0.15, 0.2) is 29.4 Å². The Kier molecular flexibility index (Phi) is 4.48. The Hall–Kier alpha value is -1.93. The summed E-state index contributed by atoms with van der Waals surface area (Å²) in [5, 5.41) is 20.8. The van der Waals surface area contributed by atoms with Crippen molar-refractivity contribution in [2.75, 3.05) is 6.54 Å². The average molecular weight is 279 g/mol. The smallest absolute Gasteiger partial charge is 0.335 e. The van der Waals surface area contributed by atoms with Crippen molar-refractivity contribution in [3.63, 3.8) is 0 Å². The van der Waals surface area contributed by atoms with Gasteiger partial charge in [0.1, 0.15) is 0 Å². The molecule has 8 heteroatoms. The van der Waals surface area contributed by atoms with E-state index in [1.807, 2.05) is 0 Å². The summed E-state index contributed by atoms with van der Waals surface area (Å²) in [6.45, 7) is 1.05. The molecule has 3 N–H and O–H groups in total. The molecule has 0 spiro atoms. The highest BCUT2D eigenvalue weighted by atomic mass is 32.2. The maximum atomic E-state index is 10.7. The number of carbonyl (C=O) groups is 1. The Labute approximate surface area is 113 Å². The van der Waals surface area contributed by atoms with Gasteiger partial charge in [0.2, 0.25) is 5.16 Å². The maximum absolute atomic E-state index is 10.7. The van der Waals surface area contributed by atoms with Crippen molar-refractivity contribution in [1.29, 1.82) is 0 Å². The summed E-state index contributed by atoms with van der Waals surface area (Å²) in [6, 6.07) is 6.74. The third-order valence-electron chi connectivity index (χ3n) is 2.41. The van der Waals surface area contributed by atoms with Crippen LogP contribution < -0.4 is 5.73 Å². The van der Waals surface area contributed by atoms with E-state index in [0.717, 1.165) is 5.56 Å². The zero-order valence-corrected chi connectivity index (χ0v) is 10.9. The summed E-state index contributed by atoms with van der Waals surface area (Å²) in [5.41, 5.74) is 6.75. The van der Waals surface area contributed by atoms with Gasteiger partial charge < -0.3 is 10.8 Å². The number of nitrogens with zero attached hydrogens (tertiary/aromatic N) is 4. The molecule has 0 fully saturated rings. The van der Waals surface area contributed by atoms with E-state index in [0.29, 0.717) is 24.0 Å². The number of rotatable bonds is 6. The van der Waals surface area contributed by atoms with Gasteiger partial charge in [0.05, 0.1) is 12.1 Å². The number of hydrogen-bond donors (Lipinski definition) is 2. The molecule has 2 aromatic rings. The average Bonchev–Trinajstić information content (AvgIpc) is 2.85. The fourth-order valence-corrected chi connectivity index (χ4v) is 2.31. The summed E-state index contributed by atoms with van der Waals surface area (Å²) in [5.74, 6) is -0.253. The van der Waals surface area contributed by atoms with Gasteiger partial charge in [0.15, 0.2) is 0 Å². The van der Waals surface area contributed by atoms with E-state index >= 15 is 0 Å². The molecule has 0 radical (unpaired) electrons. The van der Waals surface area contributed by atoms with Crippen LogP contribution in [0.1, 0.15) is 15.9 Å². The summed E-state index contributed by atoms with van der Waals surface area (Å²) in [7, 11) is 0. The van der Waals surface area contributed by atoms with E-state index in [9.17, 15) is 4.79 Å². The molecule has 100 valence electrons. The van der Waals surface area contributed by atoms with E-state index in [1.165, 1.54) is 11.8 Å². The zero-order valence-electron chi connectivity index (χ0n) is 10.1. The summed E-state index contributed by atoms with van der Waals surface area (Å²) in [6.07, 6.45) is 0. The van der Waals surface area contributed by atoms with E-state index < -0.39 is 5.97 Å². The molecule has 0 aliphatic rings. The predicted molar refractivity (Wildman–Crippen MR) is 69.8 cm³/mol. The molecule has 1 aromatic carbocycles. The minimum atomic E-state index is -0.925. The van der Waals surface area contributed by atoms with Crippen LogP contribution in [0.3, 0.4) is 0 Å². The van der Waals surface area contributed by atoms with Gasteiger partial charge >= 0.3 is 5.97 Å². The molecule has 0 aliphatic heterocycles. The first-order valence-corrected chi connectivity index (χ1v) is 6.60. The number of aromatic carboxylic acids is 1. The SMILES string of the molecule is NCCn1nnnc1SCc1ccc(C(=O)O)cc1. The van der Waals surface area contributed by atoms with E-state index in [2.05, 4.69) is 15.5 Å². The monoisotopic (exact) mass is 279 g/mol. The molecule has 0 atom stereocenters. The molecule has 19 heavy (non-hydrogen) atoms. The Bertz CT molecular complexity index is 554. The number of tetrazole rings is 1. The van der Waals surface area contributed by atoms with Crippen molar-refractivity contribution in [1.82, 2.24) is 20.2 Å². The van der Waals surface area contributed by atoms with E-state index in [4.69, 9.17) is 10.8 Å². The molecular formula is C11H13N5O2S. The number of nitrogens with two attached hydrogens (primary N) is 1. The predicted octanol–water partition coefficient (Wildman–Crippen LogP) is 0.622. The second kappa shape index (κ2) is 6.30. The van der Waals surface area contributed by atoms with Crippen LogP contribution in [0.5, 0.6) is 0 Å². The Morgan fingerprint density at radius 1 is 1.37 bits per heavy atom. The maximum Gasteiger partial charge on any atom is 0.335 e. The Morgan fingerprint density at radius 3 is 2.74 bits per heavy atom. The molecule has 1 aromatic heterocycles. The van der Waals surface area contributed by atoms with Crippen LogP contribution in [0.2, 0.25) is 0 Å². The van der Waals surface area contributed by atoms with Crippen LogP contribution in [0, 0.1) is 0 Å². The first kappa shape index (κ1) is 13.5. The number of carboxylic acids is 1. The topological polar surface area (TPSA) is 107 Å². The summed E-state index contributed by atoms with van der Waals surface area (Å²) in [4.78, 5) is 10.7. The van der Waals surface area contributed by atoms with Crippen molar-refractivity contribution in [3.8, 4) is 0 Å². The number of thioether (sulfide) groups is 1. The van der Waals surface area contributed by atoms with Crippen molar-refractivity contribution in [2.24, 2.45) is 5.73 Å². The molecule has 0 amide bonds. The van der Waals surface area contributed by atoms with Crippen LogP contribution in [-0.2, 0) is 12.3 Å². The Balaban J connectivity index is 1.98. The van der Waals surface area contributed by atoms with Crippen LogP contribution in [0.4, 0.5) is 0 Å². The zero-order chi connectivity index (χ0) is 13.7. The van der Waals surface area contributed by atoms with Gasteiger partial charge in [-0.3, -0.25) is 0 Å². The van der Waals surface area contributed by atoms with Crippen molar-refractivity contribution in [3.05, 3.63) is 35.4 Å². The Morgan fingerprint density at radius 2 is 2.11 bits per heavy atom. The minimum absolute atomic E-state index is 0.279. The summed E-state index contributed by atoms with van der Waals surface area (Å²) >= 11 is 1.48. The molecule has 7 nitrogen and oxygen atoms in total. The second-order valence-electron chi connectivity index (χ2n) is 3.76.